The molecule has 114 valence electrons. The van der Waals surface area contributed by atoms with E-state index < -0.39 is 5.91 Å². The van der Waals surface area contributed by atoms with Crippen molar-refractivity contribution in [3.63, 3.8) is 0 Å². The number of hydrogen-bond acceptors (Lipinski definition) is 3. The zero-order chi connectivity index (χ0) is 15.9. The second kappa shape index (κ2) is 7.26. The summed E-state index contributed by atoms with van der Waals surface area (Å²) in [6.45, 7) is 0.233. The number of nitrogens with zero attached hydrogens (tertiary/aromatic N) is 1. The van der Waals surface area contributed by atoms with E-state index in [9.17, 15) is 9.59 Å². The molecule has 0 bridgehead atoms. The highest BCUT2D eigenvalue weighted by Gasteiger charge is 2.17. The molecule has 0 heterocycles. The summed E-state index contributed by atoms with van der Waals surface area (Å²) in [5.41, 5.74) is 6.51. The zero-order valence-corrected chi connectivity index (χ0v) is 12.4. The lowest BCUT2D eigenvalue weighted by Crippen LogP contribution is -2.27. The molecule has 2 amide bonds. The van der Waals surface area contributed by atoms with Crippen molar-refractivity contribution in [1.29, 1.82) is 0 Å². The van der Waals surface area contributed by atoms with Crippen molar-refractivity contribution in [2.45, 2.75) is 6.54 Å². The molecule has 0 fully saturated rings. The summed E-state index contributed by atoms with van der Waals surface area (Å²) in [6.07, 6.45) is 0. The van der Waals surface area contributed by atoms with Crippen molar-refractivity contribution in [1.82, 2.24) is 4.90 Å². The topological polar surface area (TPSA) is 72.6 Å². The Bertz CT molecular complexity index is 656. The first-order valence-electron chi connectivity index (χ1n) is 6.87. The second-order valence-electron chi connectivity index (χ2n) is 4.90. The summed E-state index contributed by atoms with van der Waals surface area (Å²) in [6, 6.07) is 16.5. The number of primary amides is 1. The number of ether oxygens (including phenoxy) is 1. The first-order chi connectivity index (χ1) is 10.6. The van der Waals surface area contributed by atoms with Gasteiger partial charge in [0.1, 0.15) is 5.75 Å². The van der Waals surface area contributed by atoms with E-state index in [1.807, 2.05) is 30.3 Å². The maximum Gasteiger partial charge on any atom is 0.257 e. The number of rotatable bonds is 6. The molecule has 0 aliphatic heterocycles. The van der Waals surface area contributed by atoms with Crippen LogP contribution in [0.15, 0.2) is 54.6 Å². The number of para-hydroxylation sites is 1. The summed E-state index contributed by atoms with van der Waals surface area (Å²) in [7, 11) is 1.72. The van der Waals surface area contributed by atoms with Crippen LogP contribution < -0.4 is 10.5 Å². The molecule has 22 heavy (non-hydrogen) atoms. The fraction of sp³-hybridized carbons (Fsp3) is 0.176. The smallest absolute Gasteiger partial charge is 0.257 e. The van der Waals surface area contributed by atoms with Gasteiger partial charge >= 0.3 is 0 Å². The van der Waals surface area contributed by atoms with Gasteiger partial charge in [0, 0.05) is 13.6 Å². The van der Waals surface area contributed by atoms with E-state index in [4.69, 9.17) is 10.5 Å². The number of benzene rings is 2. The largest absolute Gasteiger partial charge is 0.483 e. The molecule has 0 unspecified atom stereocenters. The normalized spacial score (nSPS) is 10.0. The number of carbonyl (C=O) groups excluding carboxylic acids is 2. The Morgan fingerprint density at radius 2 is 1.68 bits per heavy atom. The van der Waals surface area contributed by atoms with Gasteiger partial charge < -0.3 is 15.4 Å². The summed E-state index contributed by atoms with van der Waals surface area (Å²) >= 11 is 0. The zero-order valence-electron chi connectivity index (χ0n) is 12.4. The molecular weight excluding hydrogens is 280 g/mol. The molecule has 2 aromatic rings. The number of carbonyl (C=O) groups is 2. The third-order valence-corrected chi connectivity index (χ3v) is 3.10. The molecule has 2 rings (SSSR count). The van der Waals surface area contributed by atoms with Crippen molar-refractivity contribution in [2.75, 3.05) is 13.7 Å². The molecule has 2 aromatic carbocycles. The maximum absolute atomic E-state index is 12.5. The Hall–Kier alpha value is -2.82. The quantitative estimate of drug-likeness (QED) is 0.884. The molecule has 0 atom stereocenters. The highest BCUT2D eigenvalue weighted by molar-refractivity contribution is 5.96. The molecular formula is C17H18N2O3. The second-order valence-corrected chi connectivity index (χ2v) is 4.90. The van der Waals surface area contributed by atoms with Crippen LogP contribution in [0, 0.1) is 0 Å². The Kier molecular flexibility index (Phi) is 5.14. The molecule has 0 radical (unpaired) electrons. The van der Waals surface area contributed by atoms with Crippen LogP contribution in [-0.4, -0.2) is 30.4 Å². The van der Waals surface area contributed by atoms with Crippen LogP contribution in [0.25, 0.3) is 0 Å². The van der Waals surface area contributed by atoms with Gasteiger partial charge in [-0.15, -0.1) is 0 Å². The van der Waals surface area contributed by atoms with Crippen molar-refractivity contribution in [3.05, 3.63) is 65.7 Å². The number of hydrogen-bond donors (Lipinski definition) is 1. The Labute approximate surface area is 129 Å². The lowest BCUT2D eigenvalue weighted by molar-refractivity contribution is -0.119. The molecule has 0 aromatic heterocycles. The lowest BCUT2D eigenvalue weighted by atomic mass is 10.1. The van der Waals surface area contributed by atoms with E-state index in [-0.39, 0.29) is 12.5 Å². The van der Waals surface area contributed by atoms with Crippen LogP contribution in [-0.2, 0) is 11.3 Å². The van der Waals surface area contributed by atoms with Gasteiger partial charge in [-0.3, -0.25) is 9.59 Å². The van der Waals surface area contributed by atoms with E-state index >= 15 is 0 Å². The van der Waals surface area contributed by atoms with Crippen LogP contribution >= 0.6 is 0 Å². The fourth-order valence-electron chi connectivity index (χ4n) is 2.05. The van der Waals surface area contributed by atoms with Gasteiger partial charge in [0.2, 0.25) is 0 Å². The van der Waals surface area contributed by atoms with E-state index in [2.05, 4.69) is 0 Å². The molecule has 2 N–H and O–H groups in total. The minimum absolute atomic E-state index is 0.177. The van der Waals surface area contributed by atoms with Crippen molar-refractivity contribution in [3.8, 4) is 5.75 Å². The first kappa shape index (κ1) is 15.6. The summed E-state index contributed by atoms with van der Waals surface area (Å²) in [5, 5.41) is 0. The summed E-state index contributed by atoms with van der Waals surface area (Å²) < 4.78 is 5.30. The standard InChI is InChI=1S/C17H18N2O3/c1-19(11-13-7-3-2-4-8-13)17(21)14-9-5-6-10-15(14)22-12-16(18)20/h2-10H,11-12H2,1H3,(H2,18,20). The SMILES string of the molecule is CN(Cc1ccccc1)C(=O)c1ccccc1OCC(N)=O. The van der Waals surface area contributed by atoms with Crippen LogP contribution in [0.3, 0.4) is 0 Å². The Morgan fingerprint density at radius 1 is 1.05 bits per heavy atom. The minimum atomic E-state index is -0.583. The predicted molar refractivity (Wildman–Crippen MR) is 83.4 cm³/mol. The van der Waals surface area contributed by atoms with E-state index in [0.29, 0.717) is 17.9 Å². The van der Waals surface area contributed by atoms with Crippen LogP contribution in [0.2, 0.25) is 0 Å². The van der Waals surface area contributed by atoms with Crippen LogP contribution in [0.5, 0.6) is 5.75 Å². The number of nitrogens with two attached hydrogens (primary N) is 1. The molecule has 0 aliphatic carbocycles. The maximum atomic E-state index is 12.5. The molecule has 0 saturated carbocycles. The summed E-state index contributed by atoms with van der Waals surface area (Å²) in [5.74, 6) is -0.407. The molecule has 0 spiro atoms. The summed E-state index contributed by atoms with van der Waals surface area (Å²) in [4.78, 5) is 25.0. The van der Waals surface area contributed by atoms with Gasteiger partial charge in [-0.2, -0.15) is 0 Å². The van der Waals surface area contributed by atoms with Crippen molar-refractivity contribution < 1.29 is 14.3 Å². The average Bonchev–Trinajstić information content (AvgIpc) is 2.53. The van der Waals surface area contributed by atoms with Crippen molar-refractivity contribution in [2.24, 2.45) is 5.73 Å². The van der Waals surface area contributed by atoms with Crippen LogP contribution in [0.4, 0.5) is 0 Å². The molecule has 5 heteroatoms. The monoisotopic (exact) mass is 298 g/mol. The van der Waals surface area contributed by atoms with Gasteiger partial charge in [0.25, 0.3) is 11.8 Å². The highest BCUT2D eigenvalue weighted by atomic mass is 16.5. The lowest BCUT2D eigenvalue weighted by Gasteiger charge is -2.19. The van der Waals surface area contributed by atoms with Gasteiger partial charge in [0.15, 0.2) is 6.61 Å². The van der Waals surface area contributed by atoms with E-state index in [1.54, 1.807) is 36.2 Å². The molecule has 0 saturated heterocycles. The highest BCUT2D eigenvalue weighted by Crippen LogP contribution is 2.20. The molecule has 0 aliphatic rings. The Morgan fingerprint density at radius 3 is 2.36 bits per heavy atom. The Balaban J connectivity index is 2.13. The van der Waals surface area contributed by atoms with Gasteiger partial charge in [-0.1, -0.05) is 42.5 Å². The molecule has 5 nitrogen and oxygen atoms in total. The number of amides is 2. The van der Waals surface area contributed by atoms with Crippen molar-refractivity contribution >= 4 is 11.8 Å². The minimum Gasteiger partial charge on any atom is -0.483 e. The van der Waals surface area contributed by atoms with Gasteiger partial charge in [-0.05, 0) is 17.7 Å². The predicted octanol–water partition coefficient (Wildman–Crippen LogP) is 1.82. The van der Waals surface area contributed by atoms with E-state index in [1.165, 1.54) is 0 Å². The fourth-order valence-corrected chi connectivity index (χ4v) is 2.05. The first-order valence-corrected chi connectivity index (χ1v) is 6.87. The van der Waals surface area contributed by atoms with Gasteiger partial charge in [-0.25, -0.2) is 0 Å². The van der Waals surface area contributed by atoms with Gasteiger partial charge in [0.05, 0.1) is 5.56 Å². The van der Waals surface area contributed by atoms with Crippen LogP contribution in [0.1, 0.15) is 15.9 Å². The third kappa shape index (κ3) is 4.09. The van der Waals surface area contributed by atoms with E-state index in [0.717, 1.165) is 5.56 Å². The average molecular weight is 298 g/mol. The third-order valence-electron chi connectivity index (χ3n) is 3.10.